The molecule has 0 aliphatic rings. The van der Waals surface area contributed by atoms with Crippen LogP contribution < -0.4 is 9.80 Å². The third kappa shape index (κ3) is 6.75. The lowest BCUT2D eigenvalue weighted by molar-refractivity contribution is 0.668. The molecule has 4 nitrogen and oxygen atoms in total. The van der Waals surface area contributed by atoms with Crippen LogP contribution in [0.15, 0.2) is 251 Å². The molecular weight excluding hydrogens is 781 g/mol. The van der Waals surface area contributed by atoms with E-state index in [0.717, 1.165) is 89.1 Å². The van der Waals surface area contributed by atoms with Crippen LogP contribution in [0.5, 0.6) is 0 Å². The van der Waals surface area contributed by atoms with Gasteiger partial charge in [-0.05, 0) is 118 Å². The summed E-state index contributed by atoms with van der Waals surface area (Å²) in [7, 11) is 0. The van der Waals surface area contributed by atoms with Gasteiger partial charge in [0.25, 0.3) is 0 Å². The average molecular weight is 821 g/mol. The normalized spacial score (nSPS) is 11.4. The maximum atomic E-state index is 6.37. The van der Waals surface area contributed by atoms with Crippen molar-refractivity contribution in [1.29, 1.82) is 0 Å². The third-order valence-corrected chi connectivity index (χ3v) is 12.3. The van der Waals surface area contributed by atoms with E-state index in [2.05, 4.69) is 228 Å². The van der Waals surface area contributed by atoms with Gasteiger partial charge in [-0.25, -0.2) is 0 Å². The van der Waals surface area contributed by atoms with Crippen molar-refractivity contribution in [3.63, 3.8) is 0 Å². The second kappa shape index (κ2) is 15.7. The summed E-state index contributed by atoms with van der Waals surface area (Å²) in [6.45, 7) is 0. The molecule has 2 aromatic heterocycles. The molecular formula is C60H40N2O2. The highest BCUT2D eigenvalue weighted by atomic mass is 16.3. The lowest BCUT2D eigenvalue weighted by atomic mass is 10.0. The molecule has 0 amide bonds. The van der Waals surface area contributed by atoms with Crippen molar-refractivity contribution in [2.24, 2.45) is 0 Å². The smallest absolute Gasteiger partial charge is 0.137 e. The highest BCUT2D eigenvalue weighted by Crippen LogP contribution is 2.42. The Kier molecular flexibility index (Phi) is 9.12. The Balaban J connectivity index is 0.895. The second-order valence-electron chi connectivity index (χ2n) is 16.1. The van der Waals surface area contributed by atoms with Gasteiger partial charge in [-0.2, -0.15) is 0 Å². The first-order valence-corrected chi connectivity index (χ1v) is 21.6. The predicted molar refractivity (Wildman–Crippen MR) is 267 cm³/mol. The topological polar surface area (TPSA) is 32.8 Å². The van der Waals surface area contributed by atoms with Crippen molar-refractivity contribution in [1.82, 2.24) is 0 Å². The van der Waals surface area contributed by atoms with Gasteiger partial charge >= 0.3 is 0 Å². The van der Waals surface area contributed by atoms with E-state index in [0.29, 0.717) is 0 Å². The van der Waals surface area contributed by atoms with Crippen LogP contribution in [0.4, 0.5) is 34.1 Å². The Morgan fingerprint density at radius 1 is 0.203 bits per heavy atom. The highest BCUT2D eigenvalue weighted by molar-refractivity contribution is 6.07. The van der Waals surface area contributed by atoms with Crippen LogP contribution in [-0.4, -0.2) is 0 Å². The van der Waals surface area contributed by atoms with Crippen LogP contribution in [0.2, 0.25) is 0 Å². The van der Waals surface area contributed by atoms with Crippen molar-refractivity contribution in [3.8, 4) is 33.4 Å². The van der Waals surface area contributed by atoms with E-state index in [1.165, 1.54) is 22.3 Å². The Morgan fingerprint density at radius 3 is 0.812 bits per heavy atom. The van der Waals surface area contributed by atoms with Crippen LogP contribution in [-0.2, 0) is 0 Å². The van der Waals surface area contributed by atoms with Gasteiger partial charge in [0.15, 0.2) is 0 Å². The molecule has 0 saturated heterocycles. The number of hydrogen-bond acceptors (Lipinski definition) is 4. The zero-order chi connectivity index (χ0) is 42.4. The number of nitrogens with zero attached hydrogens (tertiary/aromatic N) is 2. The summed E-state index contributed by atoms with van der Waals surface area (Å²) in [4.78, 5) is 4.60. The molecule has 12 rings (SSSR count). The van der Waals surface area contributed by atoms with Gasteiger partial charge in [0.2, 0.25) is 0 Å². The summed E-state index contributed by atoms with van der Waals surface area (Å²) in [5.41, 5.74) is 16.8. The zero-order valence-electron chi connectivity index (χ0n) is 34.8. The Bertz CT molecular complexity index is 3330. The molecule has 4 heteroatoms. The fraction of sp³-hybridized carbons (Fsp3) is 0. The SMILES string of the molecule is c1ccc(-c2ccc(N(c3ccc(-c4ccc(N(c5ccc(-c6ccccc6)cc5)c5ccc6c(c5)oc5ccccc56)cc4)cc3)c3ccc4c(c3)oc3ccccc34)cc2)cc1. The molecule has 0 bridgehead atoms. The summed E-state index contributed by atoms with van der Waals surface area (Å²) in [5.74, 6) is 0. The van der Waals surface area contributed by atoms with Crippen LogP contribution in [0.25, 0.3) is 77.3 Å². The summed E-state index contributed by atoms with van der Waals surface area (Å²) in [5, 5.41) is 4.45. The minimum Gasteiger partial charge on any atom is -0.456 e. The second-order valence-corrected chi connectivity index (χ2v) is 16.1. The Morgan fingerprint density at radius 2 is 0.469 bits per heavy atom. The minimum atomic E-state index is 0.861. The largest absolute Gasteiger partial charge is 0.456 e. The van der Waals surface area contributed by atoms with E-state index in [1.807, 2.05) is 24.3 Å². The lowest BCUT2D eigenvalue weighted by Gasteiger charge is -2.26. The first-order valence-electron chi connectivity index (χ1n) is 21.6. The maximum Gasteiger partial charge on any atom is 0.137 e. The van der Waals surface area contributed by atoms with Crippen molar-refractivity contribution < 1.29 is 8.83 Å². The third-order valence-electron chi connectivity index (χ3n) is 12.3. The van der Waals surface area contributed by atoms with E-state index < -0.39 is 0 Å². The Labute approximate surface area is 371 Å². The van der Waals surface area contributed by atoms with E-state index in [-0.39, 0.29) is 0 Å². The van der Waals surface area contributed by atoms with E-state index in [4.69, 9.17) is 8.83 Å². The van der Waals surface area contributed by atoms with Crippen molar-refractivity contribution in [2.45, 2.75) is 0 Å². The van der Waals surface area contributed by atoms with Gasteiger partial charge in [-0.3, -0.25) is 0 Å². The number of rotatable bonds is 9. The molecule has 12 aromatic rings. The van der Waals surface area contributed by atoms with Crippen LogP contribution >= 0.6 is 0 Å². The fourth-order valence-corrected chi connectivity index (χ4v) is 9.07. The molecule has 0 aliphatic heterocycles. The van der Waals surface area contributed by atoms with Crippen LogP contribution in [0.3, 0.4) is 0 Å². The molecule has 0 atom stereocenters. The lowest BCUT2D eigenvalue weighted by Crippen LogP contribution is -2.10. The van der Waals surface area contributed by atoms with E-state index >= 15 is 0 Å². The molecule has 0 aliphatic carbocycles. The molecule has 0 unspecified atom stereocenters. The predicted octanol–water partition coefficient (Wildman–Crippen LogP) is 17.4. The fourth-order valence-electron chi connectivity index (χ4n) is 9.07. The van der Waals surface area contributed by atoms with Crippen molar-refractivity contribution in [2.75, 3.05) is 9.80 Å². The summed E-state index contributed by atoms with van der Waals surface area (Å²) in [6, 6.07) is 85.8. The van der Waals surface area contributed by atoms with E-state index in [1.54, 1.807) is 0 Å². The van der Waals surface area contributed by atoms with Gasteiger partial charge in [0, 0.05) is 67.8 Å². The number of anilines is 6. The first kappa shape index (κ1) is 37.2. The summed E-state index contributed by atoms with van der Waals surface area (Å²) < 4.78 is 12.7. The zero-order valence-corrected chi connectivity index (χ0v) is 34.8. The number of benzene rings is 10. The van der Waals surface area contributed by atoms with Gasteiger partial charge in [0.05, 0.1) is 0 Å². The standard InChI is InChI=1S/C60H40N2O2/c1-3-11-41(12-4-1)43-19-27-47(28-20-43)61(51-35-37-55-53-15-7-9-17-57(53)63-59(55)39-51)49-31-23-45(24-32-49)46-25-33-50(34-26-46)62(48-29-21-44(22-30-48)42-13-5-2-6-14-42)52-36-38-56-54-16-8-10-18-58(54)64-60(56)40-52/h1-40H. The van der Waals surface area contributed by atoms with Crippen LogP contribution in [0.1, 0.15) is 0 Å². The number of para-hydroxylation sites is 2. The van der Waals surface area contributed by atoms with Crippen molar-refractivity contribution >= 4 is 78.0 Å². The molecule has 0 N–H and O–H groups in total. The van der Waals surface area contributed by atoms with Gasteiger partial charge in [0.1, 0.15) is 22.3 Å². The number of fused-ring (bicyclic) bond motifs is 6. The molecule has 0 radical (unpaired) electrons. The molecule has 0 saturated carbocycles. The molecule has 64 heavy (non-hydrogen) atoms. The van der Waals surface area contributed by atoms with E-state index in [9.17, 15) is 0 Å². The van der Waals surface area contributed by atoms with Gasteiger partial charge in [-0.1, -0.05) is 146 Å². The van der Waals surface area contributed by atoms with Gasteiger partial charge < -0.3 is 18.6 Å². The monoisotopic (exact) mass is 820 g/mol. The quantitative estimate of drug-likeness (QED) is 0.145. The summed E-state index contributed by atoms with van der Waals surface area (Å²) >= 11 is 0. The molecule has 0 spiro atoms. The van der Waals surface area contributed by atoms with Crippen LogP contribution in [0, 0.1) is 0 Å². The average Bonchev–Trinajstić information content (AvgIpc) is 3.93. The van der Waals surface area contributed by atoms with Gasteiger partial charge in [-0.15, -0.1) is 0 Å². The maximum absolute atomic E-state index is 6.37. The highest BCUT2D eigenvalue weighted by Gasteiger charge is 2.18. The number of hydrogen-bond donors (Lipinski definition) is 0. The summed E-state index contributed by atoms with van der Waals surface area (Å²) in [6.07, 6.45) is 0. The number of furan rings is 2. The molecule has 0 fully saturated rings. The molecule has 2 heterocycles. The first-order chi connectivity index (χ1) is 31.7. The minimum absolute atomic E-state index is 0.861. The van der Waals surface area contributed by atoms with Crippen molar-refractivity contribution in [3.05, 3.63) is 243 Å². The molecule has 10 aromatic carbocycles. The Hall–Kier alpha value is -8.60. The molecule has 302 valence electrons.